The molecule has 0 bridgehead atoms. The van der Waals surface area contributed by atoms with E-state index < -0.39 is 0 Å². The van der Waals surface area contributed by atoms with Gasteiger partial charge in [-0.25, -0.2) is 4.98 Å². The molecule has 0 aliphatic carbocycles. The molecule has 108 valence electrons. The summed E-state index contributed by atoms with van der Waals surface area (Å²) in [6.45, 7) is 2.05. The van der Waals surface area contributed by atoms with Gasteiger partial charge in [0.2, 0.25) is 5.88 Å². The van der Waals surface area contributed by atoms with Crippen LogP contribution in [0.25, 0.3) is 16.9 Å². The number of fused-ring (bicyclic) bond motifs is 1. The Bertz CT molecular complexity index is 752. The summed E-state index contributed by atoms with van der Waals surface area (Å²) in [5, 5.41) is 0. The molecule has 1 atom stereocenters. The van der Waals surface area contributed by atoms with Crippen molar-refractivity contribution in [2.75, 3.05) is 7.11 Å². The first-order valence-electron chi connectivity index (χ1n) is 6.99. The Kier molecular flexibility index (Phi) is 3.58. The van der Waals surface area contributed by atoms with E-state index in [-0.39, 0.29) is 6.04 Å². The Balaban J connectivity index is 2.31. The molecule has 0 saturated heterocycles. The van der Waals surface area contributed by atoms with Crippen molar-refractivity contribution in [3.63, 3.8) is 0 Å². The van der Waals surface area contributed by atoms with Crippen LogP contribution in [0.15, 0.2) is 42.5 Å². The maximum atomic E-state index is 6.22. The van der Waals surface area contributed by atoms with Crippen molar-refractivity contribution < 1.29 is 4.74 Å². The summed E-state index contributed by atoms with van der Waals surface area (Å²) in [6.07, 6.45) is 0.813. The minimum Gasteiger partial charge on any atom is -0.481 e. The molecule has 2 aromatic heterocycles. The van der Waals surface area contributed by atoms with Crippen LogP contribution in [0, 0.1) is 0 Å². The Morgan fingerprint density at radius 3 is 2.57 bits per heavy atom. The lowest BCUT2D eigenvalue weighted by atomic mass is 10.2. The van der Waals surface area contributed by atoms with Gasteiger partial charge in [-0.2, -0.15) is 4.98 Å². The van der Waals surface area contributed by atoms with Crippen LogP contribution in [0.1, 0.15) is 25.2 Å². The summed E-state index contributed by atoms with van der Waals surface area (Å²) in [7, 11) is 1.61. The number of methoxy groups -OCH3 is 1. The fourth-order valence-electron chi connectivity index (χ4n) is 2.33. The molecule has 0 radical (unpaired) electrons. The number of aromatic nitrogens is 3. The number of hydrogen-bond donors (Lipinski definition) is 1. The number of benzene rings is 1. The highest BCUT2D eigenvalue weighted by molar-refractivity contribution is 5.75. The van der Waals surface area contributed by atoms with Crippen molar-refractivity contribution in [1.29, 1.82) is 0 Å². The second-order valence-corrected chi connectivity index (χ2v) is 4.85. The van der Waals surface area contributed by atoms with Crippen molar-refractivity contribution in [2.24, 2.45) is 5.73 Å². The summed E-state index contributed by atoms with van der Waals surface area (Å²) < 4.78 is 7.23. The van der Waals surface area contributed by atoms with Gasteiger partial charge < -0.3 is 10.5 Å². The maximum absolute atomic E-state index is 6.22. The molecule has 0 aliphatic rings. The summed E-state index contributed by atoms with van der Waals surface area (Å²) in [6, 6.07) is 13.6. The minimum atomic E-state index is -0.134. The first-order valence-corrected chi connectivity index (χ1v) is 6.99. The molecular formula is C16H18N4O. The Hall–Kier alpha value is -2.40. The van der Waals surface area contributed by atoms with Gasteiger partial charge in [-0.15, -0.1) is 0 Å². The normalized spacial score (nSPS) is 12.5. The molecule has 0 saturated carbocycles. The Morgan fingerprint density at radius 1 is 1.14 bits per heavy atom. The number of hydrogen-bond acceptors (Lipinski definition) is 4. The van der Waals surface area contributed by atoms with E-state index in [4.69, 9.17) is 10.5 Å². The van der Waals surface area contributed by atoms with Gasteiger partial charge in [-0.1, -0.05) is 25.1 Å². The first kappa shape index (κ1) is 13.6. The zero-order valence-corrected chi connectivity index (χ0v) is 12.2. The van der Waals surface area contributed by atoms with E-state index in [2.05, 4.69) is 9.97 Å². The lowest BCUT2D eigenvalue weighted by Gasteiger charge is -2.12. The second kappa shape index (κ2) is 5.54. The van der Waals surface area contributed by atoms with Gasteiger partial charge in [0.15, 0.2) is 5.65 Å². The molecule has 1 aromatic carbocycles. The molecule has 3 aromatic rings. The zero-order valence-electron chi connectivity index (χ0n) is 12.2. The van der Waals surface area contributed by atoms with E-state index >= 15 is 0 Å². The van der Waals surface area contributed by atoms with Crippen molar-refractivity contribution in [3.8, 4) is 11.6 Å². The number of ether oxygens (including phenoxy) is 1. The van der Waals surface area contributed by atoms with Crippen molar-refractivity contribution >= 4 is 11.2 Å². The predicted molar refractivity (Wildman–Crippen MR) is 82.6 cm³/mol. The van der Waals surface area contributed by atoms with Crippen LogP contribution in [0.3, 0.4) is 0 Å². The lowest BCUT2D eigenvalue weighted by Crippen LogP contribution is -2.15. The Labute approximate surface area is 123 Å². The fourth-order valence-corrected chi connectivity index (χ4v) is 2.33. The molecule has 0 unspecified atom stereocenters. The van der Waals surface area contributed by atoms with Crippen molar-refractivity contribution in [1.82, 2.24) is 14.5 Å². The number of nitrogens with two attached hydrogens (primary N) is 1. The highest BCUT2D eigenvalue weighted by atomic mass is 16.5. The number of imidazole rings is 1. The van der Waals surface area contributed by atoms with Crippen LogP contribution in [0.5, 0.6) is 5.88 Å². The lowest BCUT2D eigenvalue weighted by molar-refractivity contribution is 0.399. The van der Waals surface area contributed by atoms with Gasteiger partial charge in [-0.05, 0) is 24.6 Å². The van der Waals surface area contributed by atoms with Gasteiger partial charge >= 0.3 is 0 Å². The van der Waals surface area contributed by atoms with Crippen molar-refractivity contribution in [3.05, 3.63) is 48.3 Å². The molecule has 21 heavy (non-hydrogen) atoms. The Morgan fingerprint density at radius 2 is 1.90 bits per heavy atom. The topological polar surface area (TPSA) is 66.0 Å². The van der Waals surface area contributed by atoms with E-state index in [1.807, 2.05) is 54.0 Å². The van der Waals surface area contributed by atoms with Crippen LogP contribution in [-0.2, 0) is 0 Å². The van der Waals surface area contributed by atoms with E-state index in [0.29, 0.717) is 5.88 Å². The smallest absolute Gasteiger partial charge is 0.215 e. The van der Waals surface area contributed by atoms with E-state index in [1.165, 1.54) is 0 Å². The minimum absolute atomic E-state index is 0.134. The predicted octanol–water partition coefficient (Wildman–Crippen LogP) is 2.84. The fraction of sp³-hybridized carbons (Fsp3) is 0.250. The average Bonchev–Trinajstić information content (AvgIpc) is 2.93. The van der Waals surface area contributed by atoms with Gasteiger partial charge in [0, 0.05) is 11.8 Å². The van der Waals surface area contributed by atoms with Gasteiger partial charge in [-0.3, -0.25) is 4.57 Å². The summed E-state index contributed by atoms with van der Waals surface area (Å²) >= 11 is 0. The SMILES string of the molecule is CC[C@H](N)c1nc2ccc(OC)nc2n1-c1ccccc1. The maximum Gasteiger partial charge on any atom is 0.215 e. The zero-order chi connectivity index (χ0) is 14.8. The van der Waals surface area contributed by atoms with Crippen LogP contribution in [0.4, 0.5) is 0 Å². The monoisotopic (exact) mass is 282 g/mol. The highest BCUT2D eigenvalue weighted by Gasteiger charge is 2.18. The standard InChI is InChI=1S/C16H18N4O/c1-3-12(17)15-18-13-9-10-14(21-2)19-16(13)20(15)11-7-5-4-6-8-11/h4-10,12H,3,17H2,1-2H3/t12-/m0/s1. The number of rotatable bonds is 4. The van der Waals surface area contributed by atoms with Crippen LogP contribution < -0.4 is 10.5 Å². The first-order chi connectivity index (χ1) is 10.2. The quantitative estimate of drug-likeness (QED) is 0.799. The molecule has 0 amide bonds. The summed E-state index contributed by atoms with van der Waals surface area (Å²) in [5.41, 5.74) is 8.81. The summed E-state index contributed by atoms with van der Waals surface area (Å²) in [4.78, 5) is 9.19. The third kappa shape index (κ3) is 2.36. The van der Waals surface area contributed by atoms with Gasteiger partial charge in [0.05, 0.1) is 13.2 Å². The summed E-state index contributed by atoms with van der Waals surface area (Å²) in [5.74, 6) is 1.38. The molecule has 2 heterocycles. The second-order valence-electron chi connectivity index (χ2n) is 4.85. The van der Waals surface area contributed by atoms with E-state index in [9.17, 15) is 0 Å². The number of nitrogens with zero attached hydrogens (tertiary/aromatic N) is 3. The molecule has 0 spiro atoms. The molecule has 3 rings (SSSR count). The van der Waals surface area contributed by atoms with Crippen LogP contribution in [-0.4, -0.2) is 21.6 Å². The largest absolute Gasteiger partial charge is 0.481 e. The third-order valence-electron chi connectivity index (χ3n) is 3.50. The molecule has 0 fully saturated rings. The van der Waals surface area contributed by atoms with Gasteiger partial charge in [0.1, 0.15) is 11.3 Å². The average molecular weight is 282 g/mol. The molecular weight excluding hydrogens is 264 g/mol. The van der Waals surface area contributed by atoms with Crippen LogP contribution >= 0.6 is 0 Å². The number of pyridine rings is 1. The van der Waals surface area contributed by atoms with E-state index in [0.717, 1.165) is 29.1 Å². The van der Waals surface area contributed by atoms with Crippen molar-refractivity contribution in [2.45, 2.75) is 19.4 Å². The highest BCUT2D eigenvalue weighted by Crippen LogP contribution is 2.26. The molecule has 2 N–H and O–H groups in total. The van der Waals surface area contributed by atoms with Gasteiger partial charge in [0.25, 0.3) is 0 Å². The molecule has 5 heteroatoms. The van der Waals surface area contributed by atoms with E-state index in [1.54, 1.807) is 7.11 Å². The van der Waals surface area contributed by atoms with Crippen LogP contribution in [0.2, 0.25) is 0 Å². The molecule has 5 nitrogen and oxygen atoms in total. The third-order valence-corrected chi connectivity index (χ3v) is 3.50. The molecule has 0 aliphatic heterocycles. The number of para-hydroxylation sites is 1.